The van der Waals surface area contributed by atoms with Gasteiger partial charge in [0.15, 0.2) is 0 Å². The number of nitrogens with two attached hydrogens (primary N) is 1. The second-order valence-electron chi connectivity index (χ2n) is 13.7. The molecule has 0 bridgehead atoms. The third-order valence-corrected chi connectivity index (χ3v) is 10.1. The van der Waals surface area contributed by atoms with Gasteiger partial charge in [0.2, 0.25) is 18.2 Å². The number of hydrogen-bond donors (Lipinski definition) is 3. The maximum Gasteiger partial charge on any atom is 0.253 e. The van der Waals surface area contributed by atoms with Crippen LogP contribution in [0.25, 0.3) is 10.9 Å². The average Bonchev–Trinajstić information content (AvgIpc) is 3.71. The highest BCUT2D eigenvalue weighted by Crippen LogP contribution is 2.37. The number of fused-ring (bicyclic) bond motifs is 2. The van der Waals surface area contributed by atoms with Crippen LogP contribution in [0.1, 0.15) is 41.3 Å². The number of primary amides is 1. The number of carbonyl (C=O) groups excluding carboxylic acids is 4. The molecule has 3 aliphatic rings. The summed E-state index contributed by atoms with van der Waals surface area (Å²) in [4.78, 5) is 56.7. The van der Waals surface area contributed by atoms with Crippen LogP contribution in [0.5, 0.6) is 5.75 Å². The van der Waals surface area contributed by atoms with Crippen molar-refractivity contribution < 1.29 is 33.0 Å². The minimum atomic E-state index is -0.499. The molecule has 1 aromatic heterocycles. The summed E-state index contributed by atoms with van der Waals surface area (Å²) < 4.78 is 25.0. The van der Waals surface area contributed by atoms with Gasteiger partial charge in [-0.1, -0.05) is 29.8 Å². The molecule has 4 aromatic rings. The Morgan fingerprint density at radius 2 is 1.73 bits per heavy atom. The zero-order valence-electron chi connectivity index (χ0n) is 28.9. The van der Waals surface area contributed by atoms with E-state index in [1.165, 1.54) is 12.1 Å². The topological polar surface area (TPSA) is 147 Å². The molecule has 4 atom stereocenters. The number of amides is 4. The first-order chi connectivity index (χ1) is 25.1. The lowest BCUT2D eigenvalue weighted by atomic mass is 9.79. The van der Waals surface area contributed by atoms with E-state index < -0.39 is 5.92 Å². The van der Waals surface area contributed by atoms with Gasteiger partial charge in [-0.15, -0.1) is 0 Å². The number of aromatic nitrogens is 1. The molecule has 2 aliphatic heterocycles. The Kier molecular flexibility index (Phi) is 11.8. The SMILES string of the molecule is C[C@H](CNC(=O)C1CN(C(=O)Cc2c[nH]c3cc(Cl)ccc23)CC2CN(C(=O)c3ccc(OC4CC4)cc3)CC21)OCc1ccc(F)cc1.NC=O. The fourth-order valence-corrected chi connectivity index (χ4v) is 7.16. The molecule has 7 rings (SSSR count). The molecule has 0 radical (unpaired) electrons. The number of nitrogens with zero attached hydrogens (tertiary/aromatic N) is 2. The predicted molar refractivity (Wildman–Crippen MR) is 194 cm³/mol. The summed E-state index contributed by atoms with van der Waals surface area (Å²) >= 11 is 6.16. The van der Waals surface area contributed by atoms with E-state index in [4.69, 9.17) is 25.9 Å². The number of H-pyrrole nitrogens is 1. The molecule has 4 amide bonds. The Labute approximate surface area is 306 Å². The van der Waals surface area contributed by atoms with Crippen LogP contribution in [0.4, 0.5) is 4.39 Å². The predicted octanol–water partition coefficient (Wildman–Crippen LogP) is 4.71. The van der Waals surface area contributed by atoms with E-state index in [-0.39, 0.29) is 73.5 Å². The Bertz CT molecular complexity index is 1880. The van der Waals surface area contributed by atoms with E-state index in [1.54, 1.807) is 35.2 Å². The van der Waals surface area contributed by atoms with Gasteiger partial charge in [-0.05, 0) is 91.3 Å². The van der Waals surface area contributed by atoms with Gasteiger partial charge in [0.25, 0.3) is 5.91 Å². The van der Waals surface area contributed by atoms with Crippen molar-refractivity contribution in [2.45, 2.75) is 45.0 Å². The first-order valence-corrected chi connectivity index (χ1v) is 17.9. The van der Waals surface area contributed by atoms with Crippen LogP contribution in [0.3, 0.4) is 0 Å². The molecule has 3 heterocycles. The van der Waals surface area contributed by atoms with E-state index in [1.807, 2.05) is 42.3 Å². The van der Waals surface area contributed by atoms with Crippen LogP contribution in [0.15, 0.2) is 72.9 Å². The molecule has 11 nitrogen and oxygen atoms in total. The van der Waals surface area contributed by atoms with E-state index in [0.717, 1.165) is 40.6 Å². The lowest BCUT2D eigenvalue weighted by molar-refractivity contribution is -0.138. The molecule has 274 valence electrons. The summed E-state index contributed by atoms with van der Waals surface area (Å²) in [6.07, 6.45) is 4.36. The average molecular weight is 732 g/mol. The number of carbonyl (C=O) groups is 4. The number of hydrogen-bond acceptors (Lipinski definition) is 6. The zero-order chi connectivity index (χ0) is 36.8. The highest BCUT2D eigenvalue weighted by Gasteiger charge is 2.47. The van der Waals surface area contributed by atoms with Gasteiger partial charge in [-0.3, -0.25) is 19.2 Å². The molecule has 3 fully saturated rings. The largest absolute Gasteiger partial charge is 0.490 e. The summed E-state index contributed by atoms with van der Waals surface area (Å²) in [5, 5.41) is 4.60. The molecule has 4 N–H and O–H groups in total. The summed E-state index contributed by atoms with van der Waals surface area (Å²) in [7, 11) is 0. The molecule has 3 aromatic carbocycles. The van der Waals surface area contributed by atoms with E-state index in [9.17, 15) is 18.8 Å². The summed E-state index contributed by atoms with van der Waals surface area (Å²) in [6, 6.07) is 18.9. The number of ether oxygens (including phenoxy) is 2. The number of rotatable bonds is 11. The fraction of sp³-hybridized carbons (Fsp3) is 0.385. The quantitative estimate of drug-likeness (QED) is 0.191. The van der Waals surface area contributed by atoms with Crippen molar-refractivity contribution in [3.05, 3.63) is 100 Å². The number of piperidine rings is 1. The minimum absolute atomic E-state index is 0.0520. The lowest BCUT2D eigenvalue weighted by Crippen LogP contribution is -2.54. The Morgan fingerprint density at radius 3 is 2.44 bits per heavy atom. The standard InChI is InChI=1S/C38H40ClFN4O5.CH3NO/c1-23(48-22-24-2-7-29(40)8-3-24)16-42-37(46)34-21-43(36(45)14-26-17-41-35-15-28(39)6-13-32(26)35)18-27-19-44(20-33(27)34)38(47)25-4-9-30(10-5-25)49-31-11-12-31;2-1-3/h2-10,13,15,17,23,27,31,33-34,41H,11-12,14,16,18-22H2,1H3,(H,42,46);1H,(H2,2,3)/t23-,27?,33?,34?;/m1./s1. The van der Waals surface area contributed by atoms with Crippen molar-refractivity contribution in [2.24, 2.45) is 23.5 Å². The number of aromatic amines is 1. The van der Waals surface area contributed by atoms with Crippen LogP contribution in [-0.4, -0.2) is 83.8 Å². The lowest BCUT2D eigenvalue weighted by Gasteiger charge is -2.39. The summed E-state index contributed by atoms with van der Waals surface area (Å²) in [6.45, 7) is 4.06. The molecular formula is C39H43ClFN5O6. The minimum Gasteiger partial charge on any atom is -0.490 e. The van der Waals surface area contributed by atoms with Crippen LogP contribution < -0.4 is 15.8 Å². The van der Waals surface area contributed by atoms with Crippen LogP contribution in [0.2, 0.25) is 5.02 Å². The number of halogens is 2. The van der Waals surface area contributed by atoms with Gasteiger partial charge >= 0.3 is 0 Å². The molecule has 0 spiro atoms. The molecule has 1 aliphatic carbocycles. The fourth-order valence-electron chi connectivity index (χ4n) is 6.99. The van der Waals surface area contributed by atoms with Crippen molar-refractivity contribution in [2.75, 3.05) is 32.7 Å². The molecule has 52 heavy (non-hydrogen) atoms. The molecule has 1 saturated carbocycles. The van der Waals surface area contributed by atoms with Gasteiger partial charge in [0.1, 0.15) is 11.6 Å². The van der Waals surface area contributed by atoms with E-state index >= 15 is 0 Å². The highest BCUT2D eigenvalue weighted by molar-refractivity contribution is 6.31. The third-order valence-electron chi connectivity index (χ3n) is 9.87. The number of nitrogens with one attached hydrogen (secondary N) is 2. The van der Waals surface area contributed by atoms with Crippen LogP contribution in [0, 0.1) is 23.6 Å². The third kappa shape index (κ3) is 9.10. The van der Waals surface area contributed by atoms with Crippen molar-refractivity contribution in [1.29, 1.82) is 0 Å². The molecule has 2 saturated heterocycles. The second kappa shape index (κ2) is 16.6. The second-order valence-corrected chi connectivity index (χ2v) is 14.1. The zero-order valence-corrected chi connectivity index (χ0v) is 29.7. The smallest absolute Gasteiger partial charge is 0.253 e. The maximum absolute atomic E-state index is 13.8. The van der Waals surface area contributed by atoms with Gasteiger partial charge in [0, 0.05) is 60.4 Å². The van der Waals surface area contributed by atoms with Crippen molar-refractivity contribution in [3.8, 4) is 5.75 Å². The van der Waals surface area contributed by atoms with Crippen molar-refractivity contribution >= 4 is 46.6 Å². The number of likely N-dealkylation sites (tertiary alicyclic amines) is 2. The molecule has 3 unspecified atom stereocenters. The Balaban J connectivity index is 0.00000150. The van der Waals surface area contributed by atoms with E-state index in [0.29, 0.717) is 36.8 Å². The Morgan fingerprint density at radius 1 is 1.02 bits per heavy atom. The monoisotopic (exact) mass is 731 g/mol. The van der Waals surface area contributed by atoms with Gasteiger partial charge in [0.05, 0.1) is 31.2 Å². The van der Waals surface area contributed by atoms with Crippen molar-refractivity contribution in [3.63, 3.8) is 0 Å². The normalized spacial score (nSPS) is 20.0. The summed E-state index contributed by atoms with van der Waals surface area (Å²) in [5.41, 5.74) is 7.30. The van der Waals surface area contributed by atoms with Gasteiger partial charge in [-0.25, -0.2) is 4.39 Å². The van der Waals surface area contributed by atoms with Gasteiger partial charge in [-0.2, -0.15) is 0 Å². The highest BCUT2D eigenvalue weighted by atomic mass is 35.5. The first-order valence-electron chi connectivity index (χ1n) is 17.5. The maximum atomic E-state index is 13.8. The van der Waals surface area contributed by atoms with Gasteiger partial charge < -0.3 is 35.3 Å². The molecule has 13 heteroatoms. The van der Waals surface area contributed by atoms with Crippen LogP contribution in [-0.2, 0) is 32.1 Å². The first kappa shape index (κ1) is 36.8. The van der Waals surface area contributed by atoms with Crippen LogP contribution >= 0.6 is 11.6 Å². The summed E-state index contributed by atoms with van der Waals surface area (Å²) in [5.74, 6) is -0.529. The number of benzene rings is 3. The van der Waals surface area contributed by atoms with Crippen molar-refractivity contribution in [1.82, 2.24) is 20.1 Å². The molecular weight excluding hydrogens is 689 g/mol. The van der Waals surface area contributed by atoms with E-state index in [2.05, 4.69) is 16.0 Å². The Hall–Kier alpha value is -4.94.